The van der Waals surface area contributed by atoms with E-state index < -0.39 is 44.3 Å². The molecular formula is C37H64O9Si. The molecule has 2 N–H and O–H groups in total. The van der Waals surface area contributed by atoms with Gasteiger partial charge in [0.2, 0.25) is 0 Å². The van der Waals surface area contributed by atoms with E-state index in [4.69, 9.17) is 23.4 Å². The first-order chi connectivity index (χ1) is 22.1. The largest absolute Gasteiger partial charge is 0.457 e. The Balaban J connectivity index is 2.31. The highest BCUT2D eigenvalue weighted by molar-refractivity contribution is 6.73. The van der Waals surface area contributed by atoms with E-state index in [1.807, 2.05) is 45.1 Å². The van der Waals surface area contributed by atoms with Crippen LogP contribution in [0.2, 0.25) is 18.1 Å². The van der Waals surface area contributed by atoms with Crippen LogP contribution in [0, 0.1) is 17.8 Å². The van der Waals surface area contributed by atoms with Gasteiger partial charge in [0.25, 0.3) is 0 Å². The summed E-state index contributed by atoms with van der Waals surface area (Å²) in [6, 6.07) is 2.79. The van der Waals surface area contributed by atoms with E-state index in [0.29, 0.717) is 6.42 Å². The summed E-state index contributed by atoms with van der Waals surface area (Å²) >= 11 is 0. The molecule has 0 bridgehead atoms. The Morgan fingerprint density at radius 2 is 1.77 bits per heavy atom. The normalized spacial score (nSPS) is 32.8. The highest BCUT2D eigenvalue weighted by atomic mass is 28.4. The van der Waals surface area contributed by atoms with Gasteiger partial charge in [0.1, 0.15) is 23.9 Å². The second kappa shape index (κ2) is 18.8. The highest BCUT2D eigenvalue weighted by Crippen LogP contribution is 2.37. The van der Waals surface area contributed by atoms with Crippen LogP contribution in [0.25, 0.3) is 0 Å². The fourth-order valence-corrected chi connectivity index (χ4v) is 9.67. The molecule has 0 saturated carbocycles. The van der Waals surface area contributed by atoms with Gasteiger partial charge in [0, 0.05) is 31.8 Å². The first kappa shape index (κ1) is 41.3. The predicted molar refractivity (Wildman–Crippen MR) is 187 cm³/mol. The molecule has 270 valence electrons. The Kier molecular flexibility index (Phi) is 16.5. The van der Waals surface area contributed by atoms with Crippen LogP contribution in [0.5, 0.6) is 0 Å². The lowest BCUT2D eigenvalue weighted by Crippen LogP contribution is -2.45. The van der Waals surface area contributed by atoms with Crippen molar-refractivity contribution in [3.8, 4) is 0 Å². The van der Waals surface area contributed by atoms with Crippen LogP contribution in [0.3, 0.4) is 0 Å². The zero-order chi connectivity index (χ0) is 35.5. The van der Waals surface area contributed by atoms with Gasteiger partial charge in [-0.1, -0.05) is 72.8 Å². The summed E-state index contributed by atoms with van der Waals surface area (Å²) in [5, 5.41) is 22.5. The van der Waals surface area contributed by atoms with Crippen LogP contribution in [-0.4, -0.2) is 85.9 Å². The molecule has 0 spiro atoms. The predicted octanol–water partition coefficient (Wildman–Crippen LogP) is 6.68. The number of hydrogen-bond donors (Lipinski definition) is 2. The zero-order valence-electron chi connectivity index (χ0n) is 30.9. The Hall–Kier alpha value is -1.82. The second-order valence-electron chi connectivity index (χ2n) is 14.0. The molecule has 1 fully saturated rings. The quantitative estimate of drug-likeness (QED) is 0.0641. The molecule has 0 aromatic rings. The SMILES string of the molecule is CCC(OC)C(C)C1OC1[C@@H](O)C(C)/C=C/C=C(\C)C1OC(=O)CC(O[Si](CC)(CC)CC)CCC(C)(O)C(OC(C)=O)/C=C/C1C. The maximum Gasteiger partial charge on any atom is 0.308 e. The van der Waals surface area contributed by atoms with Crippen molar-refractivity contribution >= 4 is 20.3 Å². The molecule has 2 rings (SSSR count). The third-order valence-corrected chi connectivity index (χ3v) is 15.1. The minimum atomic E-state index is -2.07. The average Bonchev–Trinajstić information content (AvgIpc) is 3.83. The number of esters is 2. The number of cyclic esters (lactones) is 1. The summed E-state index contributed by atoms with van der Waals surface area (Å²) in [4.78, 5) is 25.5. The third kappa shape index (κ3) is 11.9. The first-order valence-corrected chi connectivity index (χ1v) is 20.3. The summed E-state index contributed by atoms with van der Waals surface area (Å²) in [5.74, 6) is -1.10. The molecule has 2 aliphatic heterocycles. The summed E-state index contributed by atoms with van der Waals surface area (Å²) in [7, 11) is -0.365. The minimum Gasteiger partial charge on any atom is -0.457 e. The van der Waals surface area contributed by atoms with E-state index in [1.165, 1.54) is 6.92 Å². The van der Waals surface area contributed by atoms with Crippen LogP contribution in [0.4, 0.5) is 0 Å². The molecule has 10 unspecified atom stereocenters. The molecule has 2 aliphatic rings. The minimum absolute atomic E-state index is 0.0320. The van der Waals surface area contributed by atoms with Gasteiger partial charge in [-0.25, -0.2) is 0 Å². The van der Waals surface area contributed by atoms with Crippen molar-refractivity contribution in [2.24, 2.45) is 17.8 Å². The van der Waals surface area contributed by atoms with Crippen LogP contribution >= 0.6 is 0 Å². The maximum absolute atomic E-state index is 13.5. The summed E-state index contributed by atoms with van der Waals surface area (Å²) in [6.07, 6.45) is 8.21. The molecular weight excluding hydrogens is 616 g/mol. The zero-order valence-corrected chi connectivity index (χ0v) is 31.9. The van der Waals surface area contributed by atoms with E-state index in [1.54, 1.807) is 20.1 Å². The number of allylic oxidation sites excluding steroid dienone is 2. The van der Waals surface area contributed by atoms with Crippen molar-refractivity contribution in [2.75, 3.05) is 7.11 Å². The van der Waals surface area contributed by atoms with Crippen molar-refractivity contribution in [3.05, 3.63) is 36.0 Å². The topological polar surface area (TPSA) is 124 Å². The molecule has 9 nitrogen and oxygen atoms in total. The van der Waals surface area contributed by atoms with E-state index in [9.17, 15) is 19.8 Å². The van der Waals surface area contributed by atoms with Crippen LogP contribution < -0.4 is 0 Å². The Morgan fingerprint density at radius 3 is 2.32 bits per heavy atom. The number of epoxide rings is 1. The summed E-state index contributed by atoms with van der Waals surface area (Å²) < 4.78 is 29.9. The molecule has 0 aromatic carbocycles. The van der Waals surface area contributed by atoms with E-state index in [0.717, 1.165) is 30.1 Å². The van der Waals surface area contributed by atoms with Gasteiger partial charge in [0.05, 0.1) is 30.8 Å². The number of methoxy groups -OCH3 is 1. The van der Waals surface area contributed by atoms with Crippen LogP contribution in [0.1, 0.15) is 94.9 Å². The number of aliphatic hydroxyl groups is 2. The van der Waals surface area contributed by atoms with Crippen molar-refractivity contribution in [1.29, 1.82) is 0 Å². The lowest BCUT2D eigenvalue weighted by atomic mass is 9.88. The van der Waals surface area contributed by atoms with Crippen molar-refractivity contribution in [2.45, 2.75) is 161 Å². The highest BCUT2D eigenvalue weighted by Gasteiger charge is 2.50. The standard InChI is InChI=1S/C37H64O9Si/c1-12-30(42-11)27(8)35-36(45-35)33(40)24(5)17-16-18-25(6)34-26(7)19-20-31(43-28(9)38)37(10,41)22-21-29(23-32(39)44-34)46-47(13-2,14-3)15-4/h16-20,24,26-27,29-31,33-36,40-41H,12-15,21-23H2,1-11H3/b17-16+,20-19+,25-18+/t24?,26?,27?,29?,30?,31?,33-,34?,35?,36?,37?/m0/s1. The number of hydrogen-bond acceptors (Lipinski definition) is 9. The molecule has 1 saturated heterocycles. The van der Waals surface area contributed by atoms with Gasteiger partial charge in [-0.05, 0) is 62.9 Å². The molecule has 0 aromatic heterocycles. The molecule has 0 radical (unpaired) electrons. The fraction of sp³-hybridized carbons (Fsp3) is 0.784. The summed E-state index contributed by atoms with van der Waals surface area (Å²) in [5.41, 5.74) is -0.539. The molecule has 11 atom stereocenters. The van der Waals surface area contributed by atoms with Crippen LogP contribution in [0.15, 0.2) is 36.0 Å². The van der Waals surface area contributed by atoms with Gasteiger partial charge in [-0.3, -0.25) is 9.59 Å². The third-order valence-electron chi connectivity index (χ3n) is 10.4. The van der Waals surface area contributed by atoms with Gasteiger partial charge < -0.3 is 33.6 Å². The Bertz CT molecular complexity index is 1070. The summed E-state index contributed by atoms with van der Waals surface area (Å²) in [6.45, 7) is 19.4. The van der Waals surface area contributed by atoms with Gasteiger partial charge >= 0.3 is 11.9 Å². The maximum atomic E-state index is 13.5. The van der Waals surface area contributed by atoms with Crippen molar-refractivity contribution in [3.63, 3.8) is 0 Å². The Morgan fingerprint density at radius 1 is 1.13 bits per heavy atom. The van der Waals surface area contributed by atoms with Crippen molar-refractivity contribution in [1.82, 2.24) is 0 Å². The van der Waals surface area contributed by atoms with Gasteiger partial charge in [-0.15, -0.1) is 0 Å². The molecule has 47 heavy (non-hydrogen) atoms. The van der Waals surface area contributed by atoms with E-state index in [2.05, 4.69) is 34.6 Å². The monoisotopic (exact) mass is 680 g/mol. The molecule has 0 aliphatic carbocycles. The number of carbonyl (C=O) groups is 2. The lowest BCUT2D eigenvalue weighted by molar-refractivity contribution is -0.157. The molecule has 0 amide bonds. The fourth-order valence-electron chi connectivity index (χ4n) is 6.76. The van der Waals surface area contributed by atoms with Crippen molar-refractivity contribution < 1.29 is 43.2 Å². The molecule has 2 heterocycles. The first-order valence-electron chi connectivity index (χ1n) is 17.7. The number of carbonyl (C=O) groups excluding carboxylic acids is 2. The smallest absolute Gasteiger partial charge is 0.308 e. The number of rotatable bonds is 15. The average molecular weight is 681 g/mol. The Labute approximate surface area is 285 Å². The van der Waals surface area contributed by atoms with Crippen LogP contribution in [-0.2, 0) is 33.0 Å². The van der Waals surface area contributed by atoms with Gasteiger partial charge in [-0.2, -0.15) is 0 Å². The second-order valence-corrected chi connectivity index (χ2v) is 18.7. The molecule has 10 heteroatoms. The van der Waals surface area contributed by atoms with E-state index >= 15 is 0 Å². The lowest BCUT2D eigenvalue weighted by Gasteiger charge is -2.36. The van der Waals surface area contributed by atoms with Gasteiger partial charge in [0.15, 0.2) is 8.32 Å². The van der Waals surface area contributed by atoms with E-state index in [-0.39, 0.29) is 54.9 Å². The number of aliphatic hydroxyl groups excluding tert-OH is 1. The number of ether oxygens (including phenoxy) is 4.